The fraction of sp³-hybridized carbons (Fsp3) is 0.294. The average molecular weight is 350 g/mol. The van der Waals surface area contributed by atoms with Gasteiger partial charge in [0.05, 0.1) is 5.69 Å². The molecule has 0 amide bonds. The van der Waals surface area contributed by atoms with E-state index in [1.807, 2.05) is 23.6 Å². The average Bonchev–Trinajstić information content (AvgIpc) is 2.93. The topological polar surface area (TPSA) is 51.5 Å². The highest BCUT2D eigenvalue weighted by Gasteiger charge is 2.30. The van der Waals surface area contributed by atoms with Gasteiger partial charge in [0.1, 0.15) is 11.6 Å². The molecule has 0 fully saturated rings. The molecule has 0 saturated heterocycles. The van der Waals surface area contributed by atoms with Crippen molar-refractivity contribution in [1.29, 1.82) is 0 Å². The smallest absolute Gasteiger partial charge is 0.406 e. The van der Waals surface area contributed by atoms with Gasteiger partial charge in [0.15, 0.2) is 5.65 Å². The molecule has 0 radical (unpaired) electrons. The van der Waals surface area contributed by atoms with Crippen LogP contribution in [0.25, 0.3) is 16.8 Å². The molecule has 0 atom stereocenters. The lowest BCUT2D eigenvalue weighted by atomic mass is 10.1. The number of anilines is 1. The maximum Gasteiger partial charge on any atom is 0.573 e. The zero-order chi connectivity index (χ0) is 18.0. The van der Waals surface area contributed by atoms with E-state index in [0.717, 1.165) is 35.6 Å². The van der Waals surface area contributed by atoms with Gasteiger partial charge in [-0.3, -0.25) is 4.40 Å². The molecule has 0 spiro atoms. The van der Waals surface area contributed by atoms with Gasteiger partial charge in [0.2, 0.25) is 0 Å². The van der Waals surface area contributed by atoms with Crippen molar-refractivity contribution in [1.82, 2.24) is 14.6 Å². The Labute approximate surface area is 142 Å². The lowest BCUT2D eigenvalue weighted by Crippen LogP contribution is -2.16. The predicted octanol–water partition coefficient (Wildman–Crippen LogP) is 4.43. The summed E-state index contributed by atoms with van der Waals surface area (Å²) in [4.78, 5) is 0. The van der Waals surface area contributed by atoms with Gasteiger partial charge in [-0.2, -0.15) is 0 Å². The molecule has 0 aliphatic heterocycles. The molecule has 2 heterocycles. The van der Waals surface area contributed by atoms with E-state index in [4.69, 9.17) is 0 Å². The van der Waals surface area contributed by atoms with Crippen molar-refractivity contribution in [3.8, 4) is 16.9 Å². The molecule has 25 heavy (non-hydrogen) atoms. The number of hydrogen-bond donors (Lipinski definition) is 1. The lowest BCUT2D eigenvalue weighted by Gasteiger charge is -2.12. The van der Waals surface area contributed by atoms with Crippen LogP contribution < -0.4 is 10.1 Å². The van der Waals surface area contributed by atoms with Crippen molar-refractivity contribution in [2.75, 3.05) is 11.9 Å². The number of fused-ring (bicyclic) bond motifs is 1. The third-order valence-electron chi connectivity index (χ3n) is 3.66. The number of aromatic nitrogens is 3. The molecule has 0 bridgehead atoms. The van der Waals surface area contributed by atoms with Crippen molar-refractivity contribution >= 4 is 11.3 Å². The van der Waals surface area contributed by atoms with Crippen LogP contribution in [-0.2, 0) is 0 Å². The van der Waals surface area contributed by atoms with Crippen molar-refractivity contribution in [3.05, 3.63) is 42.4 Å². The number of aryl methyl sites for hydroxylation is 1. The molecular weight excluding hydrogens is 333 g/mol. The van der Waals surface area contributed by atoms with Crippen LogP contribution in [0.15, 0.2) is 36.5 Å². The molecule has 0 aliphatic rings. The minimum absolute atomic E-state index is 0.248. The summed E-state index contributed by atoms with van der Waals surface area (Å²) in [6.07, 6.45) is -1.88. The Bertz CT molecular complexity index is 872. The Hall–Kier alpha value is -2.77. The van der Waals surface area contributed by atoms with Crippen LogP contribution in [0.4, 0.5) is 18.9 Å². The lowest BCUT2D eigenvalue weighted by molar-refractivity contribution is -0.274. The number of hydrogen-bond acceptors (Lipinski definition) is 4. The molecule has 3 aromatic rings. The highest BCUT2D eigenvalue weighted by molar-refractivity contribution is 5.76. The number of alkyl halides is 3. The summed E-state index contributed by atoms with van der Waals surface area (Å²) in [6, 6.07) is 7.69. The first-order valence-corrected chi connectivity index (χ1v) is 7.83. The van der Waals surface area contributed by atoms with Gasteiger partial charge >= 0.3 is 6.36 Å². The van der Waals surface area contributed by atoms with E-state index in [2.05, 4.69) is 27.2 Å². The van der Waals surface area contributed by atoms with Crippen molar-refractivity contribution < 1.29 is 17.9 Å². The van der Waals surface area contributed by atoms with E-state index in [1.54, 1.807) is 12.1 Å². The molecule has 2 aromatic heterocycles. The molecule has 8 heteroatoms. The number of halogens is 3. The summed E-state index contributed by atoms with van der Waals surface area (Å²) >= 11 is 0. The largest absolute Gasteiger partial charge is 0.573 e. The summed E-state index contributed by atoms with van der Waals surface area (Å²) in [5.41, 5.74) is 3.15. The Morgan fingerprint density at radius 3 is 2.48 bits per heavy atom. The van der Waals surface area contributed by atoms with E-state index in [-0.39, 0.29) is 5.75 Å². The summed E-state index contributed by atoms with van der Waals surface area (Å²) < 4.78 is 42.6. The first-order valence-electron chi connectivity index (χ1n) is 7.83. The molecule has 1 aromatic carbocycles. The molecule has 5 nitrogen and oxygen atoms in total. The van der Waals surface area contributed by atoms with Crippen LogP contribution in [0.5, 0.6) is 5.75 Å². The van der Waals surface area contributed by atoms with Crippen LogP contribution >= 0.6 is 0 Å². The van der Waals surface area contributed by atoms with Crippen LogP contribution in [0.1, 0.15) is 19.2 Å². The van der Waals surface area contributed by atoms with Gasteiger partial charge in [0.25, 0.3) is 0 Å². The molecule has 0 saturated carbocycles. The van der Waals surface area contributed by atoms with E-state index >= 15 is 0 Å². The first kappa shape index (κ1) is 17.1. The normalized spacial score (nSPS) is 11.7. The molecule has 1 N–H and O–H groups in total. The van der Waals surface area contributed by atoms with Crippen LogP contribution in [0.2, 0.25) is 0 Å². The summed E-state index contributed by atoms with van der Waals surface area (Å²) in [5.74, 6) is 0.482. The maximum absolute atomic E-state index is 12.3. The number of benzene rings is 1. The molecule has 0 unspecified atom stereocenters. The summed E-state index contributed by atoms with van der Waals surface area (Å²) in [7, 11) is 0. The number of rotatable bonds is 5. The number of nitrogens with one attached hydrogen (secondary N) is 1. The Kier molecular flexibility index (Phi) is 4.52. The predicted molar refractivity (Wildman–Crippen MR) is 88.6 cm³/mol. The maximum atomic E-state index is 12.3. The van der Waals surface area contributed by atoms with Gasteiger partial charge in [-0.25, -0.2) is 0 Å². The SMILES string of the molecule is CCCNc1cc(-c2ccc(OC(F)(F)F)cc2)cn2c(C)nnc12. The Morgan fingerprint density at radius 1 is 1.12 bits per heavy atom. The van der Waals surface area contributed by atoms with E-state index in [1.165, 1.54) is 12.1 Å². The third kappa shape index (κ3) is 3.84. The quantitative estimate of drug-likeness (QED) is 0.740. The van der Waals surface area contributed by atoms with E-state index in [0.29, 0.717) is 5.65 Å². The molecule has 3 rings (SSSR count). The number of ether oxygens (including phenoxy) is 1. The van der Waals surface area contributed by atoms with E-state index < -0.39 is 6.36 Å². The van der Waals surface area contributed by atoms with Gasteiger partial charge in [0, 0.05) is 18.3 Å². The molecular formula is C17H17F3N4O. The van der Waals surface area contributed by atoms with Crippen molar-refractivity contribution in [2.24, 2.45) is 0 Å². The van der Waals surface area contributed by atoms with Gasteiger partial charge in [-0.05, 0) is 37.1 Å². The van der Waals surface area contributed by atoms with Crippen LogP contribution in [-0.4, -0.2) is 27.5 Å². The second kappa shape index (κ2) is 6.62. The fourth-order valence-electron chi connectivity index (χ4n) is 2.50. The highest BCUT2D eigenvalue weighted by atomic mass is 19.4. The monoisotopic (exact) mass is 350 g/mol. The third-order valence-corrected chi connectivity index (χ3v) is 3.66. The second-order valence-corrected chi connectivity index (χ2v) is 5.58. The zero-order valence-corrected chi connectivity index (χ0v) is 13.8. The Balaban J connectivity index is 1.98. The van der Waals surface area contributed by atoms with Crippen LogP contribution in [0.3, 0.4) is 0 Å². The highest BCUT2D eigenvalue weighted by Crippen LogP contribution is 2.29. The Morgan fingerprint density at radius 2 is 1.84 bits per heavy atom. The first-order chi connectivity index (χ1) is 11.9. The minimum atomic E-state index is -4.70. The molecule has 0 aliphatic carbocycles. The van der Waals surface area contributed by atoms with Crippen molar-refractivity contribution in [3.63, 3.8) is 0 Å². The summed E-state index contributed by atoms with van der Waals surface area (Å²) in [5, 5.41) is 11.6. The molecule has 132 valence electrons. The summed E-state index contributed by atoms with van der Waals surface area (Å²) in [6.45, 7) is 4.68. The standard InChI is InChI=1S/C17H17F3N4O/c1-3-8-21-15-9-13(10-24-11(2)22-23-16(15)24)12-4-6-14(7-5-12)25-17(18,19)20/h4-7,9-10,21H,3,8H2,1-2H3. The van der Waals surface area contributed by atoms with Crippen LogP contribution in [0, 0.1) is 6.92 Å². The van der Waals surface area contributed by atoms with Gasteiger partial charge in [-0.1, -0.05) is 19.1 Å². The van der Waals surface area contributed by atoms with Gasteiger partial charge in [-0.15, -0.1) is 23.4 Å². The van der Waals surface area contributed by atoms with Crippen molar-refractivity contribution in [2.45, 2.75) is 26.6 Å². The number of nitrogens with zero attached hydrogens (tertiary/aromatic N) is 3. The van der Waals surface area contributed by atoms with E-state index in [9.17, 15) is 13.2 Å². The van der Waals surface area contributed by atoms with Gasteiger partial charge < -0.3 is 10.1 Å². The fourth-order valence-corrected chi connectivity index (χ4v) is 2.50. The zero-order valence-electron chi connectivity index (χ0n) is 13.8. The minimum Gasteiger partial charge on any atom is -0.406 e. The number of pyridine rings is 1. The second-order valence-electron chi connectivity index (χ2n) is 5.58.